The lowest BCUT2D eigenvalue weighted by molar-refractivity contribution is 0.0879. The Labute approximate surface area is 106 Å². The lowest BCUT2D eigenvalue weighted by Gasteiger charge is -2.33. The summed E-state index contributed by atoms with van der Waals surface area (Å²) in [5, 5.41) is 11.8. The summed E-state index contributed by atoms with van der Waals surface area (Å²) in [5.74, 6) is -1.38. The second-order valence-electron chi connectivity index (χ2n) is 4.89. The zero-order chi connectivity index (χ0) is 13.9. The summed E-state index contributed by atoms with van der Waals surface area (Å²) in [4.78, 5) is 12.0. The third-order valence-electron chi connectivity index (χ3n) is 3.29. The molecule has 0 fully saturated rings. The summed E-state index contributed by atoms with van der Waals surface area (Å²) < 4.78 is 13.5. The highest BCUT2D eigenvalue weighted by Crippen LogP contribution is 2.18. The molecule has 1 aromatic carbocycles. The number of halogens is 1. The molecular weight excluding hydrogens is 235 g/mol. The van der Waals surface area contributed by atoms with Gasteiger partial charge in [0.25, 0.3) is 5.91 Å². The third kappa shape index (κ3) is 2.98. The molecule has 4 N–H and O–H groups in total. The fourth-order valence-corrected chi connectivity index (χ4v) is 1.45. The van der Waals surface area contributed by atoms with Crippen molar-refractivity contribution in [2.75, 3.05) is 6.54 Å². The zero-order valence-electron chi connectivity index (χ0n) is 10.8. The lowest BCUT2D eigenvalue weighted by atomic mass is 9.88. The molecule has 0 bridgehead atoms. The number of benzene rings is 1. The van der Waals surface area contributed by atoms with Gasteiger partial charge >= 0.3 is 0 Å². The van der Waals surface area contributed by atoms with Crippen molar-refractivity contribution in [2.24, 2.45) is 11.7 Å². The number of carbonyl (C=O) groups is 1. The summed E-state index contributed by atoms with van der Waals surface area (Å²) >= 11 is 0. The minimum Gasteiger partial charge on any atom is -0.508 e. The first-order valence-corrected chi connectivity index (χ1v) is 5.81. The number of phenols is 1. The minimum absolute atomic E-state index is 0.104. The van der Waals surface area contributed by atoms with Gasteiger partial charge in [0.15, 0.2) is 0 Å². The number of aromatic hydroxyl groups is 1. The van der Waals surface area contributed by atoms with Crippen LogP contribution in [-0.4, -0.2) is 23.1 Å². The molecule has 1 atom stereocenters. The molecule has 0 aliphatic carbocycles. The molecule has 1 aromatic rings. The molecule has 18 heavy (non-hydrogen) atoms. The maximum absolute atomic E-state index is 13.5. The molecule has 0 aliphatic rings. The van der Waals surface area contributed by atoms with Crippen molar-refractivity contribution in [3.05, 3.63) is 29.6 Å². The molecule has 0 aliphatic heterocycles. The van der Waals surface area contributed by atoms with Crippen molar-refractivity contribution in [2.45, 2.75) is 26.3 Å². The molecule has 0 spiro atoms. The molecule has 0 radical (unpaired) electrons. The Bertz CT molecular complexity index is 449. The largest absolute Gasteiger partial charge is 0.508 e. The van der Waals surface area contributed by atoms with Gasteiger partial charge in [0.05, 0.1) is 11.1 Å². The van der Waals surface area contributed by atoms with Gasteiger partial charge in [0, 0.05) is 12.6 Å². The third-order valence-corrected chi connectivity index (χ3v) is 3.29. The molecule has 1 unspecified atom stereocenters. The van der Waals surface area contributed by atoms with Crippen LogP contribution in [0.25, 0.3) is 0 Å². The van der Waals surface area contributed by atoms with Gasteiger partial charge in [-0.3, -0.25) is 4.79 Å². The summed E-state index contributed by atoms with van der Waals surface area (Å²) in [6, 6.07) is 3.43. The van der Waals surface area contributed by atoms with E-state index in [9.17, 15) is 9.18 Å². The van der Waals surface area contributed by atoms with Crippen LogP contribution in [0.1, 0.15) is 31.1 Å². The first-order chi connectivity index (χ1) is 8.30. The van der Waals surface area contributed by atoms with Crippen LogP contribution in [0.15, 0.2) is 18.2 Å². The van der Waals surface area contributed by atoms with Crippen LogP contribution in [0.2, 0.25) is 0 Å². The molecular formula is C13H19FN2O2. The van der Waals surface area contributed by atoms with Crippen LogP contribution in [-0.2, 0) is 0 Å². The fraction of sp³-hybridized carbons (Fsp3) is 0.462. The smallest absolute Gasteiger partial charge is 0.254 e. The fourth-order valence-electron chi connectivity index (χ4n) is 1.45. The average molecular weight is 254 g/mol. The predicted molar refractivity (Wildman–Crippen MR) is 67.8 cm³/mol. The van der Waals surface area contributed by atoms with Crippen molar-refractivity contribution in [3.8, 4) is 5.75 Å². The van der Waals surface area contributed by atoms with Crippen molar-refractivity contribution < 1.29 is 14.3 Å². The summed E-state index contributed by atoms with van der Waals surface area (Å²) in [6.45, 7) is 5.94. The van der Waals surface area contributed by atoms with Gasteiger partial charge in [0.1, 0.15) is 11.6 Å². The Balaban J connectivity index is 2.95. The Kier molecular flexibility index (Phi) is 4.29. The van der Waals surface area contributed by atoms with Gasteiger partial charge < -0.3 is 16.2 Å². The molecule has 1 amide bonds. The number of amides is 1. The predicted octanol–water partition coefficient (Wildman–Crippen LogP) is 1.63. The number of hydrogen-bond donors (Lipinski definition) is 3. The summed E-state index contributed by atoms with van der Waals surface area (Å²) in [6.07, 6.45) is 0. The van der Waals surface area contributed by atoms with Crippen LogP contribution in [0.5, 0.6) is 5.75 Å². The van der Waals surface area contributed by atoms with E-state index in [0.29, 0.717) is 0 Å². The number of nitrogens with one attached hydrogen (secondary N) is 1. The molecule has 0 saturated carbocycles. The van der Waals surface area contributed by atoms with Gasteiger partial charge in [-0.15, -0.1) is 0 Å². The quantitative estimate of drug-likeness (QED) is 0.764. The second-order valence-corrected chi connectivity index (χ2v) is 4.89. The zero-order valence-corrected chi connectivity index (χ0v) is 10.8. The Hall–Kier alpha value is -1.62. The van der Waals surface area contributed by atoms with E-state index in [1.807, 2.05) is 20.8 Å². The average Bonchev–Trinajstić information content (AvgIpc) is 2.28. The van der Waals surface area contributed by atoms with Crippen LogP contribution in [0, 0.1) is 11.7 Å². The highest BCUT2D eigenvalue weighted by Gasteiger charge is 2.29. The van der Waals surface area contributed by atoms with Crippen LogP contribution >= 0.6 is 0 Å². The number of hydrogen-bond acceptors (Lipinski definition) is 3. The van der Waals surface area contributed by atoms with Gasteiger partial charge in [-0.05, 0) is 25.0 Å². The van der Waals surface area contributed by atoms with E-state index in [4.69, 9.17) is 10.8 Å². The minimum atomic E-state index is -0.754. The van der Waals surface area contributed by atoms with E-state index in [-0.39, 0.29) is 23.8 Å². The number of phenolic OH excluding ortho intramolecular Hbond substituents is 1. The van der Waals surface area contributed by atoms with Crippen molar-refractivity contribution in [3.63, 3.8) is 0 Å². The number of carbonyl (C=O) groups excluding carboxylic acids is 1. The molecule has 1 rings (SSSR count). The Morgan fingerprint density at radius 2 is 2.17 bits per heavy atom. The van der Waals surface area contributed by atoms with Crippen molar-refractivity contribution in [1.29, 1.82) is 0 Å². The number of rotatable bonds is 4. The normalized spacial score (nSPS) is 14.3. The van der Waals surface area contributed by atoms with Crippen molar-refractivity contribution >= 4 is 5.91 Å². The Morgan fingerprint density at radius 1 is 1.56 bits per heavy atom. The van der Waals surface area contributed by atoms with Crippen LogP contribution in [0.3, 0.4) is 0 Å². The van der Waals surface area contributed by atoms with Crippen LogP contribution < -0.4 is 11.1 Å². The number of nitrogens with two attached hydrogens (primary N) is 1. The molecule has 100 valence electrons. The highest BCUT2D eigenvalue weighted by atomic mass is 19.1. The molecule has 4 nitrogen and oxygen atoms in total. The maximum Gasteiger partial charge on any atom is 0.254 e. The monoisotopic (exact) mass is 254 g/mol. The summed E-state index contributed by atoms with van der Waals surface area (Å²) in [7, 11) is 0. The van der Waals surface area contributed by atoms with Gasteiger partial charge in [-0.2, -0.15) is 0 Å². The standard InChI is InChI=1S/C13H19FN2O2/c1-8(2)13(3,7-15)16-12(18)10-5-4-9(17)6-11(10)14/h4-6,8,17H,7,15H2,1-3H3,(H,16,18). The van der Waals surface area contributed by atoms with E-state index in [0.717, 1.165) is 6.07 Å². The highest BCUT2D eigenvalue weighted by molar-refractivity contribution is 5.95. The van der Waals surface area contributed by atoms with Gasteiger partial charge in [0.2, 0.25) is 0 Å². The second kappa shape index (κ2) is 5.35. The molecule has 5 heteroatoms. The van der Waals surface area contributed by atoms with E-state index in [1.165, 1.54) is 12.1 Å². The van der Waals surface area contributed by atoms with Gasteiger partial charge in [-0.25, -0.2) is 4.39 Å². The lowest BCUT2D eigenvalue weighted by Crippen LogP contribution is -2.55. The SMILES string of the molecule is CC(C)C(C)(CN)NC(=O)c1ccc(O)cc1F. The topological polar surface area (TPSA) is 75.3 Å². The van der Waals surface area contributed by atoms with E-state index < -0.39 is 17.3 Å². The molecule has 0 saturated heterocycles. The maximum atomic E-state index is 13.5. The van der Waals surface area contributed by atoms with E-state index in [2.05, 4.69) is 5.32 Å². The van der Waals surface area contributed by atoms with Crippen LogP contribution in [0.4, 0.5) is 4.39 Å². The Morgan fingerprint density at radius 3 is 2.61 bits per heavy atom. The van der Waals surface area contributed by atoms with E-state index >= 15 is 0 Å². The van der Waals surface area contributed by atoms with Gasteiger partial charge in [-0.1, -0.05) is 13.8 Å². The summed E-state index contributed by atoms with van der Waals surface area (Å²) in [5.41, 5.74) is 4.95. The first-order valence-electron chi connectivity index (χ1n) is 5.81. The van der Waals surface area contributed by atoms with E-state index in [1.54, 1.807) is 0 Å². The van der Waals surface area contributed by atoms with Crippen molar-refractivity contribution in [1.82, 2.24) is 5.32 Å². The first kappa shape index (κ1) is 14.4. The molecule has 0 heterocycles. The molecule has 0 aromatic heterocycles.